The summed E-state index contributed by atoms with van der Waals surface area (Å²) in [5.41, 5.74) is 1.67. The van der Waals surface area contributed by atoms with E-state index in [4.69, 9.17) is 10.7 Å². The van der Waals surface area contributed by atoms with Crippen LogP contribution >= 0.6 is 0 Å². The highest BCUT2D eigenvalue weighted by atomic mass is 32.2. The maximum absolute atomic E-state index is 13.5. The van der Waals surface area contributed by atoms with Crippen LogP contribution in [0.1, 0.15) is 23.1 Å². The maximum Gasteiger partial charge on any atom is 0.416 e. The molecule has 12 heteroatoms. The third-order valence-electron chi connectivity index (χ3n) is 6.26. The van der Waals surface area contributed by atoms with E-state index in [-0.39, 0.29) is 23.2 Å². The van der Waals surface area contributed by atoms with Gasteiger partial charge in [0, 0.05) is 46.7 Å². The Morgan fingerprint density at radius 3 is 2.55 bits per heavy atom. The van der Waals surface area contributed by atoms with Crippen molar-refractivity contribution in [2.45, 2.75) is 19.5 Å². The fourth-order valence-electron chi connectivity index (χ4n) is 4.29. The molecule has 0 aliphatic carbocycles. The van der Waals surface area contributed by atoms with Crippen molar-refractivity contribution < 1.29 is 22.2 Å². The molecule has 1 unspecified atom stereocenters. The molecule has 0 aliphatic heterocycles. The second kappa shape index (κ2) is 11.7. The Kier molecular flexibility index (Phi) is 8.35. The lowest BCUT2D eigenvalue weighted by Crippen LogP contribution is -2.38. The molecule has 1 atom stereocenters. The molecule has 2 aromatic heterocycles. The maximum atomic E-state index is 13.5. The fourth-order valence-corrected chi connectivity index (χ4v) is 4.84. The Labute approximate surface area is 230 Å². The number of nitriles is 1. The monoisotopic (exact) mass is 566 g/mol. The Morgan fingerprint density at radius 2 is 1.90 bits per heavy atom. The van der Waals surface area contributed by atoms with E-state index in [0.29, 0.717) is 40.2 Å². The summed E-state index contributed by atoms with van der Waals surface area (Å²) >= 11 is 0. The number of halogens is 3. The van der Waals surface area contributed by atoms with Gasteiger partial charge in [-0.15, -0.1) is 0 Å². The number of alkyl halides is 3. The quantitative estimate of drug-likeness (QED) is 0.306. The summed E-state index contributed by atoms with van der Waals surface area (Å²) in [5.74, 6) is 0.386. The first-order valence-corrected chi connectivity index (χ1v) is 13.9. The molecule has 206 valence electrons. The SMILES string of the molecule is Cc1c(-c2ccnn2-c2ccc(C#N)cc2)cn(C(=O)NCCCS(C)=O)c(=N)c1-c1cccc(C(F)(F)F)c1. The molecule has 0 saturated carbocycles. The molecule has 40 heavy (non-hydrogen) atoms. The standard InChI is InChI=1S/C28H25F3N6O2S/c1-18-23(24-11-13-35-37(24)22-9-7-19(16-32)8-10-22)17-36(27(38)34-12-4-14-40(2)39)26(33)25(18)20-5-3-6-21(15-20)28(29,30)31/h3,5-11,13,15,17,33H,4,12,14H2,1-2H3,(H,34,38). The van der Waals surface area contributed by atoms with Crippen LogP contribution in [0.2, 0.25) is 0 Å². The number of carbonyl (C=O) groups is 1. The molecular weight excluding hydrogens is 541 g/mol. The second-order valence-electron chi connectivity index (χ2n) is 8.99. The van der Waals surface area contributed by atoms with Crippen LogP contribution in [0.4, 0.5) is 18.0 Å². The van der Waals surface area contributed by atoms with Crippen LogP contribution in [-0.2, 0) is 17.0 Å². The molecule has 2 heterocycles. The second-order valence-corrected chi connectivity index (χ2v) is 10.5. The average molecular weight is 567 g/mol. The predicted molar refractivity (Wildman–Crippen MR) is 145 cm³/mol. The zero-order chi connectivity index (χ0) is 29.0. The van der Waals surface area contributed by atoms with E-state index < -0.39 is 28.6 Å². The first-order chi connectivity index (χ1) is 19.0. The number of pyridine rings is 1. The lowest BCUT2D eigenvalue weighted by molar-refractivity contribution is -0.137. The number of nitrogens with zero attached hydrogens (tertiary/aromatic N) is 4. The summed E-state index contributed by atoms with van der Waals surface area (Å²) in [7, 11) is -1.03. The predicted octanol–water partition coefficient (Wildman–Crippen LogP) is 5.01. The molecule has 0 spiro atoms. The molecule has 2 N–H and O–H groups in total. The summed E-state index contributed by atoms with van der Waals surface area (Å²) in [6.07, 6.45) is 0.418. The minimum absolute atomic E-state index is 0.131. The summed E-state index contributed by atoms with van der Waals surface area (Å²) in [6, 6.07) is 14.4. The van der Waals surface area contributed by atoms with Gasteiger partial charge in [0.2, 0.25) is 0 Å². The van der Waals surface area contributed by atoms with Crippen molar-refractivity contribution in [1.29, 1.82) is 10.7 Å². The highest BCUT2D eigenvalue weighted by molar-refractivity contribution is 7.84. The molecule has 0 saturated heterocycles. The molecule has 0 radical (unpaired) electrons. The van der Waals surface area contributed by atoms with Gasteiger partial charge in [0.25, 0.3) is 0 Å². The number of carbonyl (C=O) groups excluding carboxylic acids is 1. The van der Waals surface area contributed by atoms with Crippen LogP contribution in [0.5, 0.6) is 0 Å². The van der Waals surface area contributed by atoms with Crippen LogP contribution in [0.25, 0.3) is 28.1 Å². The molecule has 8 nitrogen and oxygen atoms in total. The number of amides is 1. The van der Waals surface area contributed by atoms with E-state index in [2.05, 4.69) is 16.5 Å². The lowest BCUT2D eigenvalue weighted by Gasteiger charge is -2.19. The van der Waals surface area contributed by atoms with E-state index in [1.54, 1.807) is 54.4 Å². The van der Waals surface area contributed by atoms with Gasteiger partial charge in [-0.25, -0.2) is 9.48 Å². The Bertz CT molecular complexity index is 1680. The Balaban J connectivity index is 1.90. The minimum atomic E-state index is -4.59. The zero-order valence-electron chi connectivity index (χ0n) is 21.6. The Morgan fingerprint density at radius 1 is 1.18 bits per heavy atom. The van der Waals surface area contributed by atoms with Crippen molar-refractivity contribution in [2.75, 3.05) is 18.6 Å². The van der Waals surface area contributed by atoms with Gasteiger partial charge >= 0.3 is 12.2 Å². The number of hydrogen-bond donors (Lipinski definition) is 2. The number of benzene rings is 2. The van der Waals surface area contributed by atoms with Crippen molar-refractivity contribution in [3.05, 3.63) is 89.2 Å². The van der Waals surface area contributed by atoms with Crippen molar-refractivity contribution in [3.63, 3.8) is 0 Å². The molecule has 4 aromatic rings. The van der Waals surface area contributed by atoms with E-state index in [9.17, 15) is 22.2 Å². The van der Waals surface area contributed by atoms with E-state index in [1.807, 2.05) is 0 Å². The van der Waals surface area contributed by atoms with E-state index in [1.165, 1.54) is 18.3 Å². The van der Waals surface area contributed by atoms with Crippen LogP contribution in [-0.4, -0.2) is 43.1 Å². The number of hydrogen-bond acceptors (Lipinski definition) is 5. The normalized spacial score (nSPS) is 12.1. The van der Waals surface area contributed by atoms with Gasteiger partial charge in [-0.1, -0.05) is 12.1 Å². The minimum Gasteiger partial charge on any atom is -0.337 e. The number of aromatic nitrogens is 3. The zero-order valence-corrected chi connectivity index (χ0v) is 22.4. The van der Waals surface area contributed by atoms with Crippen molar-refractivity contribution in [3.8, 4) is 34.1 Å². The van der Waals surface area contributed by atoms with Gasteiger partial charge in [-0.05, 0) is 66.9 Å². The largest absolute Gasteiger partial charge is 0.416 e. The lowest BCUT2D eigenvalue weighted by atomic mass is 9.95. The van der Waals surface area contributed by atoms with Gasteiger partial charge < -0.3 is 5.32 Å². The first-order valence-electron chi connectivity index (χ1n) is 12.1. The highest BCUT2D eigenvalue weighted by Gasteiger charge is 2.31. The van der Waals surface area contributed by atoms with Crippen LogP contribution in [0.15, 0.2) is 67.0 Å². The molecule has 4 rings (SSSR count). The fraction of sp³-hybridized carbons (Fsp3) is 0.214. The van der Waals surface area contributed by atoms with Crippen molar-refractivity contribution >= 4 is 16.8 Å². The van der Waals surface area contributed by atoms with Gasteiger partial charge in [-0.2, -0.15) is 23.5 Å². The number of nitrogens with one attached hydrogen (secondary N) is 2. The molecule has 1 amide bonds. The smallest absolute Gasteiger partial charge is 0.337 e. The first kappa shape index (κ1) is 28.5. The summed E-state index contributed by atoms with van der Waals surface area (Å²) in [6.45, 7) is 1.88. The van der Waals surface area contributed by atoms with Crippen LogP contribution in [0.3, 0.4) is 0 Å². The molecule has 0 aliphatic rings. The van der Waals surface area contributed by atoms with E-state index in [0.717, 1.165) is 16.7 Å². The van der Waals surface area contributed by atoms with Crippen LogP contribution in [0, 0.1) is 23.7 Å². The summed E-state index contributed by atoms with van der Waals surface area (Å²) < 4.78 is 54.7. The number of rotatable bonds is 7. The summed E-state index contributed by atoms with van der Waals surface area (Å²) in [4.78, 5) is 13.2. The van der Waals surface area contributed by atoms with Gasteiger partial charge in [0.1, 0.15) is 5.49 Å². The molecule has 2 aromatic carbocycles. The van der Waals surface area contributed by atoms with E-state index >= 15 is 0 Å². The van der Waals surface area contributed by atoms with Gasteiger partial charge in [0.05, 0.1) is 34.8 Å². The summed E-state index contributed by atoms with van der Waals surface area (Å²) in [5, 5.41) is 25.0. The van der Waals surface area contributed by atoms with Gasteiger partial charge in [-0.3, -0.25) is 14.2 Å². The van der Waals surface area contributed by atoms with Gasteiger partial charge in [0.15, 0.2) is 0 Å². The third kappa shape index (κ3) is 6.05. The third-order valence-corrected chi connectivity index (χ3v) is 7.12. The van der Waals surface area contributed by atoms with Crippen LogP contribution < -0.4 is 10.8 Å². The molecule has 0 fully saturated rings. The topological polar surface area (TPSA) is 117 Å². The average Bonchev–Trinajstić information content (AvgIpc) is 3.40. The molecule has 0 bridgehead atoms. The van der Waals surface area contributed by atoms with Crippen molar-refractivity contribution in [2.24, 2.45) is 0 Å². The highest BCUT2D eigenvalue weighted by Crippen LogP contribution is 2.34. The molecular formula is C28H25F3N6O2S. The van der Waals surface area contributed by atoms with Crippen molar-refractivity contribution in [1.82, 2.24) is 19.7 Å². The Hall–Kier alpha value is -4.50.